The van der Waals surface area contributed by atoms with Gasteiger partial charge in [-0.3, -0.25) is 9.11 Å². The number of rotatable bonds is 8. The fourth-order valence-electron chi connectivity index (χ4n) is 3.20. The minimum absolute atomic E-state index is 0. The van der Waals surface area contributed by atoms with E-state index in [0.29, 0.717) is 11.1 Å². The first-order valence-electron chi connectivity index (χ1n) is 10.5. The van der Waals surface area contributed by atoms with E-state index in [9.17, 15) is 40.3 Å². The molecule has 3 aromatic rings. The van der Waals surface area contributed by atoms with Crippen LogP contribution in [0.2, 0.25) is 0 Å². The van der Waals surface area contributed by atoms with Crippen LogP contribution in [-0.4, -0.2) is 70.8 Å². The van der Waals surface area contributed by atoms with Crippen molar-refractivity contribution in [1.29, 1.82) is 0 Å². The van der Waals surface area contributed by atoms with Crippen molar-refractivity contribution in [3.8, 4) is 5.75 Å². The van der Waals surface area contributed by atoms with Crippen LogP contribution in [-0.2, 0) is 67.2 Å². The Labute approximate surface area is 255 Å². The Morgan fingerprint density at radius 2 is 1.62 bits per heavy atom. The molecular weight excluding hydrogens is 667 g/mol. The van der Waals surface area contributed by atoms with Gasteiger partial charge in [0.25, 0.3) is 10.1 Å². The van der Waals surface area contributed by atoms with Gasteiger partial charge in [0, 0.05) is 56.1 Å². The summed E-state index contributed by atoms with van der Waals surface area (Å²) in [7, 11) is -12.0. The zero-order chi connectivity index (χ0) is 29.0. The molecule has 0 aliphatic heterocycles. The number of guanidine groups is 2. The molecule has 0 saturated carbocycles. The van der Waals surface area contributed by atoms with Crippen molar-refractivity contribution in [1.82, 2.24) is 0 Å². The fourth-order valence-corrected chi connectivity index (χ4v) is 5.27. The van der Waals surface area contributed by atoms with Gasteiger partial charge < -0.3 is 31.5 Å². The smallest absolute Gasteiger partial charge is 0.397 e. The van der Waals surface area contributed by atoms with Gasteiger partial charge in [0.05, 0.1) is 22.2 Å². The van der Waals surface area contributed by atoms with E-state index < -0.39 is 53.6 Å². The van der Waals surface area contributed by atoms with Crippen LogP contribution in [0.1, 0.15) is 0 Å². The quantitative estimate of drug-likeness (QED) is 0.130. The SMILES string of the molecule is C[N-]/C(=N\C(=[N-])Nc1cccc(S(=O)(=O)CCOS(=O)(=O)O)c1)Nc1ccc2c(O)cc(S(=O)(=O)O)cc2c1.[Y]. The zero-order valence-corrected chi connectivity index (χ0v) is 25.7. The van der Waals surface area contributed by atoms with Crippen LogP contribution in [0.3, 0.4) is 0 Å². The number of aromatic hydroxyl groups is 1. The molecule has 0 aliphatic carbocycles. The Morgan fingerprint density at radius 3 is 2.25 bits per heavy atom. The third-order valence-corrected chi connectivity index (χ3v) is 7.89. The van der Waals surface area contributed by atoms with Gasteiger partial charge in [-0.2, -0.15) is 16.8 Å². The summed E-state index contributed by atoms with van der Waals surface area (Å²) in [6.45, 7) is -0.807. The normalized spacial score (nSPS) is 12.4. The first kappa shape index (κ1) is 33.5. The van der Waals surface area contributed by atoms with Gasteiger partial charge in [-0.05, 0) is 54.1 Å². The van der Waals surface area contributed by atoms with Crippen molar-refractivity contribution in [2.45, 2.75) is 9.79 Å². The summed E-state index contributed by atoms with van der Waals surface area (Å²) in [5, 5.41) is 30.0. The van der Waals surface area contributed by atoms with Crippen LogP contribution in [0.5, 0.6) is 5.75 Å². The molecule has 1 radical (unpaired) electrons. The number of aliphatic imine (C=N–C) groups is 1. The van der Waals surface area contributed by atoms with Crippen LogP contribution in [0.25, 0.3) is 21.5 Å². The van der Waals surface area contributed by atoms with Crippen molar-refractivity contribution in [2.24, 2.45) is 4.99 Å². The second kappa shape index (κ2) is 13.3. The minimum atomic E-state index is -4.80. The van der Waals surface area contributed by atoms with Crippen LogP contribution in [0, 0.1) is 0 Å². The standard InChI is InChI=1S/C21H21N5O10S3.Y/c1-23-21(25-15-5-6-18-13(9-15)10-17(12-19(18)27)38(30,31)32)26-20(22)24-14-3-2-4-16(11-14)37(28,29)8-7-36-39(33,34)35;/h2-6,9-12H,7-8H2,1H3,(H5-2,22,23,24,25,26,27,30,31,32,33,34,35);/q-2;. The molecule has 5 N–H and O–H groups in total. The second-order valence-electron chi connectivity index (χ2n) is 7.68. The number of nitrogens with one attached hydrogen (secondary N) is 2. The Kier molecular flexibility index (Phi) is 11.1. The molecule has 0 atom stereocenters. The van der Waals surface area contributed by atoms with E-state index in [-0.39, 0.29) is 60.4 Å². The summed E-state index contributed by atoms with van der Waals surface area (Å²) < 4.78 is 90.8. The molecule has 19 heteroatoms. The summed E-state index contributed by atoms with van der Waals surface area (Å²) in [4.78, 5) is 3.12. The summed E-state index contributed by atoms with van der Waals surface area (Å²) in [6, 6.07) is 11.6. The van der Waals surface area contributed by atoms with Crippen molar-refractivity contribution >= 4 is 64.4 Å². The maximum absolute atomic E-state index is 12.4. The average Bonchev–Trinajstić information content (AvgIpc) is 2.82. The first-order chi connectivity index (χ1) is 18.1. The monoisotopic (exact) mass is 688 g/mol. The van der Waals surface area contributed by atoms with Gasteiger partial charge >= 0.3 is 10.4 Å². The Morgan fingerprint density at radius 1 is 0.950 bits per heavy atom. The van der Waals surface area contributed by atoms with Crippen LogP contribution < -0.4 is 10.6 Å². The van der Waals surface area contributed by atoms with Gasteiger partial charge in [-0.25, -0.2) is 12.6 Å². The van der Waals surface area contributed by atoms with E-state index in [1.807, 2.05) is 0 Å². The fraction of sp³-hybridized carbons (Fsp3) is 0.143. The molecule has 0 heterocycles. The molecule has 0 amide bonds. The third kappa shape index (κ3) is 9.44. The minimum Gasteiger partial charge on any atom is -0.507 e. The van der Waals surface area contributed by atoms with Gasteiger partial charge in [0.15, 0.2) is 9.84 Å². The summed E-state index contributed by atoms with van der Waals surface area (Å²) in [5.41, 5.74) is 0.425. The predicted octanol–water partition coefficient (Wildman–Crippen LogP) is 2.19. The van der Waals surface area contributed by atoms with E-state index in [2.05, 4.69) is 25.1 Å². The Bertz CT molecular complexity index is 1780. The molecule has 0 bridgehead atoms. The van der Waals surface area contributed by atoms with Gasteiger partial charge in [-0.1, -0.05) is 18.2 Å². The Hall–Kier alpha value is -2.71. The zero-order valence-electron chi connectivity index (χ0n) is 20.5. The number of hydrogen-bond donors (Lipinski definition) is 5. The molecule has 40 heavy (non-hydrogen) atoms. The number of benzene rings is 3. The topological polar surface area (TPSA) is 245 Å². The summed E-state index contributed by atoms with van der Waals surface area (Å²) in [5.74, 6) is -1.94. The summed E-state index contributed by atoms with van der Waals surface area (Å²) in [6.07, 6.45) is 0. The molecule has 0 saturated heterocycles. The van der Waals surface area contributed by atoms with Crippen molar-refractivity contribution < 1.29 is 76.4 Å². The average molecular weight is 689 g/mol. The molecule has 15 nitrogen and oxygen atoms in total. The number of phenols is 1. The van der Waals surface area contributed by atoms with E-state index in [4.69, 9.17) is 4.55 Å². The molecule has 0 aliphatic rings. The molecule has 0 unspecified atom stereocenters. The van der Waals surface area contributed by atoms with Gasteiger partial charge in [0.2, 0.25) is 0 Å². The van der Waals surface area contributed by atoms with Crippen molar-refractivity contribution in [2.75, 3.05) is 30.0 Å². The van der Waals surface area contributed by atoms with Gasteiger partial charge in [0.1, 0.15) is 5.75 Å². The van der Waals surface area contributed by atoms with E-state index in [1.165, 1.54) is 43.4 Å². The number of phenolic OH excluding ortho intramolecular Hbond substituents is 1. The molecule has 0 fully saturated rings. The molecular formula is C21H21N5O10S3Y-2. The number of sulfone groups is 1. The molecule has 0 aromatic heterocycles. The van der Waals surface area contributed by atoms with Crippen molar-refractivity contribution in [3.05, 3.63) is 65.3 Å². The molecule has 0 spiro atoms. The molecule has 3 rings (SSSR count). The van der Waals surface area contributed by atoms with E-state index in [0.717, 1.165) is 18.2 Å². The number of hydrogen-bond acceptors (Lipinski definition) is 8. The molecule has 213 valence electrons. The van der Waals surface area contributed by atoms with Crippen LogP contribution in [0.4, 0.5) is 11.4 Å². The Balaban J connectivity index is 0.00000560. The summed E-state index contributed by atoms with van der Waals surface area (Å²) >= 11 is 0. The first-order valence-corrected chi connectivity index (χ1v) is 15.0. The van der Waals surface area contributed by atoms with E-state index in [1.54, 1.807) is 0 Å². The predicted molar refractivity (Wildman–Crippen MR) is 144 cm³/mol. The molecule has 3 aromatic carbocycles. The van der Waals surface area contributed by atoms with E-state index >= 15 is 0 Å². The van der Waals surface area contributed by atoms with Crippen molar-refractivity contribution in [3.63, 3.8) is 0 Å². The third-order valence-electron chi connectivity index (χ3n) is 4.92. The maximum Gasteiger partial charge on any atom is 0.397 e. The maximum atomic E-state index is 12.4. The number of fused-ring (bicyclic) bond motifs is 1. The van der Waals surface area contributed by atoms with Gasteiger partial charge in [-0.15, -0.1) is 0 Å². The number of anilines is 2. The number of nitrogens with zero attached hydrogens (tertiary/aromatic N) is 3. The van der Waals surface area contributed by atoms with Crippen LogP contribution in [0.15, 0.2) is 69.4 Å². The largest absolute Gasteiger partial charge is 0.507 e. The van der Waals surface area contributed by atoms with Crippen LogP contribution >= 0.6 is 0 Å². The second-order valence-corrected chi connectivity index (χ2v) is 12.3.